The van der Waals surface area contributed by atoms with Crippen molar-refractivity contribution in [1.82, 2.24) is 15.5 Å². The molecule has 1 amide bonds. The molecule has 1 heterocycles. The van der Waals surface area contributed by atoms with Crippen molar-refractivity contribution < 1.29 is 22.5 Å². The molecule has 5 nitrogen and oxygen atoms in total. The van der Waals surface area contributed by atoms with Crippen molar-refractivity contribution in [2.45, 2.75) is 33.0 Å². The topological polar surface area (TPSA) is 68.0 Å². The van der Waals surface area contributed by atoms with E-state index >= 15 is 0 Å². The standard InChI is InChI=1S/C21H19ClF3N3O2/c1-11(2)17(26-19(29)13-6-8-15(9-7-13)21(23,24)25)20-27-18(28-30-20)14-5-4-12(3)16(22)10-14/h4-11,17H,1-3H3,(H,26,29). The summed E-state index contributed by atoms with van der Waals surface area (Å²) in [7, 11) is 0. The maximum absolute atomic E-state index is 12.7. The quantitative estimate of drug-likeness (QED) is 0.544. The first kappa shape index (κ1) is 21.8. The Morgan fingerprint density at radius 3 is 2.37 bits per heavy atom. The Morgan fingerprint density at radius 2 is 1.80 bits per heavy atom. The SMILES string of the molecule is Cc1ccc(-c2noc(C(NC(=O)c3ccc(C(F)(F)F)cc3)C(C)C)n2)cc1Cl. The first-order chi connectivity index (χ1) is 14.1. The number of aromatic nitrogens is 2. The number of hydrogen-bond donors (Lipinski definition) is 1. The third-order valence-electron chi connectivity index (χ3n) is 4.57. The summed E-state index contributed by atoms with van der Waals surface area (Å²) < 4.78 is 43.5. The Morgan fingerprint density at radius 1 is 1.13 bits per heavy atom. The molecule has 0 aliphatic carbocycles. The van der Waals surface area contributed by atoms with Crippen LogP contribution in [0.25, 0.3) is 11.4 Å². The molecule has 0 aliphatic heterocycles. The van der Waals surface area contributed by atoms with E-state index in [4.69, 9.17) is 16.1 Å². The van der Waals surface area contributed by atoms with Crippen molar-refractivity contribution >= 4 is 17.5 Å². The molecule has 1 aromatic heterocycles. The highest BCUT2D eigenvalue weighted by molar-refractivity contribution is 6.31. The number of hydrogen-bond acceptors (Lipinski definition) is 4. The number of halogens is 4. The summed E-state index contributed by atoms with van der Waals surface area (Å²) in [5.74, 6) is -0.142. The second-order valence-corrected chi connectivity index (χ2v) is 7.60. The number of benzene rings is 2. The van der Waals surface area contributed by atoms with Gasteiger partial charge in [-0.3, -0.25) is 4.79 Å². The lowest BCUT2D eigenvalue weighted by molar-refractivity contribution is -0.137. The summed E-state index contributed by atoms with van der Waals surface area (Å²) in [6.45, 7) is 5.58. The van der Waals surface area contributed by atoms with Gasteiger partial charge in [0.05, 0.1) is 5.56 Å². The fourth-order valence-corrected chi connectivity index (χ4v) is 2.94. The highest BCUT2D eigenvalue weighted by Gasteiger charge is 2.31. The molecular formula is C21H19ClF3N3O2. The van der Waals surface area contributed by atoms with E-state index in [2.05, 4.69) is 15.5 Å². The molecule has 0 bridgehead atoms. The number of nitrogens with zero attached hydrogens (tertiary/aromatic N) is 2. The molecule has 9 heteroatoms. The van der Waals surface area contributed by atoms with Crippen LogP contribution in [0.2, 0.25) is 5.02 Å². The van der Waals surface area contributed by atoms with Gasteiger partial charge in [0.15, 0.2) is 0 Å². The fraction of sp³-hybridized carbons (Fsp3) is 0.286. The van der Waals surface area contributed by atoms with Gasteiger partial charge in [0.1, 0.15) is 6.04 Å². The van der Waals surface area contributed by atoms with Gasteiger partial charge in [-0.1, -0.05) is 42.7 Å². The van der Waals surface area contributed by atoms with E-state index in [0.717, 1.165) is 29.8 Å². The molecule has 0 saturated heterocycles. The number of alkyl halides is 3. The lowest BCUT2D eigenvalue weighted by Crippen LogP contribution is -2.32. The Hall–Kier alpha value is -2.87. The van der Waals surface area contributed by atoms with Crippen LogP contribution in [0.4, 0.5) is 13.2 Å². The van der Waals surface area contributed by atoms with E-state index in [1.165, 1.54) is 0 Å². The zero-order valence-corrected chi connectivity index (χ0v) is 17.2. The number of aryl methyl sites for hydroxylation is 1. The number of carbonyl (C=O) groups excluding carboxylic acids is 1. The summed E-state index contributed by atoms with van der Waals surface area (Å²) in [5, 5.41) is 7.27. The second kappa shape index (κ2) is 8.47. The van der Waals surface area contributed by atoms with Crippen LogP contribution in [0.5, 0.6) is 0 Å². The number of carbonyl (C=O) groups is 1. The molecule has 1 unspecified atom stereocenters. The number of rotatable bonds is 5. The van der Waals surface area contributed by atoms with E-state index in [1.54, 1.807) is 12.1 Å². The minimum atomic E-state index is -4.46. The van der Waals surface area contributed by atoms with E-state index in [-0.39, 0.29) is 17.4 Å². The van der Waals surface area contributed by atoms with Gasteiger partial charge < -0.3 is 9.84 Å². The summed E-state index contributed by atoms with van der Waals surface area (Å²) in [4.78, 5) is 16.9. The molecule has 0 aliphatic rings. The van der Waals surface area contributed by atoms with Crippen LogP contribution in [-0.4, -0.2) is 16.0 Å². The van der Waals surface area contributed by atoms with E-state index in [9.17, 15) is 18.0 Å². The third-order valence-corrected chi connectivity index (χ3v) is 4.97. The van der Waals surface area contributed by atoms with Crippen LogP contribution in [0.15, 0.2) is 47.0 Å². The van der Waals surface area contributed by atoms with Crippen LogP contribution in [0.1, 0.15) is 47.3 Å². The monoisotopic (exact) mass is 437 g/mol. The average molecular weight is 438 g/mol. The van der Waals surface area contributed by atoms with E-state index in [1.807, 2.05) is 26.8 Å². The minimum absolute atomic E-state index is 0.0960. The van der Waals surface area contributed by atoms with Gasteiger partial charge in [0.2, 0.25) is 11.7 Å². The zero-order chi connectivity index (χ0) is 22.1. The molecule has 1 N–H and O–H groups in total. The van der Waals surface area contributed by atoms with Crippen molar-refractivity contribution in [2.24, 2.45) is 5.92 Å². The summed E-state index contributed by atoms with van der Waals surface area (Å²) >= 11 is 6.15. The largest absolute Gasteiger partial charge is 0.416 e. The van der Waals surface area contributed by atoms with Crippen molar-refractivity contribution in [1.29, 1.82) is 0 Å². The maximum Gasteiger partial charge on any atom is 0.416 e. The molecule has 1 atom stereocenters. The molecule has 0 spiro atoms. The molecule has 3 rings (SSSR count). The molecule has 3 aromatic rings. The molecule has 0 fully saturated rings. The van der Waals surface area contributed by atoms with Gasteiger partial charge >= 0.3 is 6.18 Å². The summed E-state index contributed by atoms with van der Waals surface area (Å²) in [6.07, 6.45) is -4.46. The minimum Gasteiger partial charge on any atom is -0.340 e. The van der Waals surface area contributed by atoms with Gasteiger partial charge in [0, 0.05) is 16.1 Å². The lowest BCUT2D eigenvalue weighted by Gasteiger charge is -2.18. The highest BCUT2D eigenvalue weighted by Crippen LogP contribution is 2.30. The first-order valence-electron chi connectivity index (χ1n) is 9.14. The second-order valence-electron chi connectivity index (χ2n) is 7.19. The summed E-state index contributed by atoms with van der Waals surface area (Å²) in [6, 6.07) is 8.72. The third kappa shape index (κ3) is 4.81. The highest BCUT2D eigenvalue weighted by atomic mass is 35.5. The lowest BCUT2D eigenvalue weighted by atomic mass is 10.0. The van der Waals surface area contributed by atoms with Crippen LogP contribution >= 0.6 is 11.6 Å². The van der Waals surface area contributed by atoms with E-state index in [0.29, 0.717) is 16.4 Å². The van der Waals surface area contributed by atoms with Crippen molar-refractivity contribution in [3.05, 3.63) is 70.1 Å². The van der Waals surface area contributed by atoms with Crippen LogP contribution in [-0.2, 0) is 6.18 Å². The smallest absolute Gasteiger partial charge is 0.340 e. The number of nitrogens with one attached hydrogen (secondary N) is 1. The maximum atomic E-state index is 12.7. The Labute approximate surface area is 176 Å². The Kier molecular flexibility index (Phi) is 6.17. The van der Waals surface area contributed by atoms with Crippen LogP contribution < -0.4 is 5.32 Å². The average Bonchev–Trinajstić information content (AvgIpc) is 3.17. The van der Waals surface area contributed by atoms with Gasteiger partial charge in [-0.25, -0.2) is 0 Å². The molecule has 2 aromatic carbocycles. The summed E-state index contributed by atoms with van der Waals surface area (Å²) in [5.41, 5.74) is 0.849. The Bertz CT molecular complexity index is 1050. The molecule has 0 radical (unpaired) electrons. The predicted octanol–water partition coefficient (Wildman–Crippen LogP) is 5.84. The molecular weight excluding hydrogens is 419 g/mol. The fourth-order valence-electron chi connectivity index (χ4n) is 2.76. The molecule has 30 heavy (non-hydrogen) atoms. The van der Waals surface area contributed by atoms with Crippen molar-refractivity contribution in [3.63, 3.8) is 0 Å². The van der Waals surface area contributed by atoms with Crippen molar-refractivity contribution in [2.75, 3.05) is 0 Å². The zero-order valence-electron chi connectivity index (χ0n) is 16.4. The van der Waals surface area contributed by atoms with Gasteiger partial charge in [-0.2, -0.15) is 18.2 Å². The van der Waals surface area contributed by atoms with Gasteiger partial charge in [-0.15, -0.1) is 0 Å². The van der Waals surface area contributed by atoms with Gasteiger partial charge in [0.25, 0.3) is 5.91 Å². The Balaban J connectivity index is 1.80. The van der Waals surface area contributed by atoms with Gasteiger partial charge in [-0.05, 0) is 48.7 Å². The van der Waals surface area contributed by atoms with E-state index < -0.39 is 23.7 Å². The molecule has 158 valence electrons. The van der Waals surface area contributed by atoms with Crippen LogP contribution in [0, 0.1) is 12.8 Å². The van der Waals surface area contributed by atoms with Crippen LogP contribution in [0.3, 0.4) is 0 Å². The number of amides is 1. The molecule has 0 saturated carbocycles. The first-order valence-corrected chi connectivity index (χ1v) is 9.52. The predicted molar refractivity (Wildman–Crippen MR) is 106 cm³/mol. The normalized spacial score (nSPS) is 12.8. The van der Waals surface area contributed by atoms with Crippen molar-refractivity contribution in [3.8, 4) is 11.4 Å².